The second kappa shape index (κ2) is 4.83. The van der Waals surface area contributed by atoms with E-state index in [0.717, 1.165) is 6.26 Å². The van der Waals surface area contributed by atoms with Crippen LogP contribution in [0.25, 0.3) is 0 Å². The number of benzene rings is 1. The Morgan fingerprint density at radius 2 is 1.76 bits per heavy atom. The molecule has 0 fully saturated rings. The van der Waals surface area contributed by atoms with Gasteiger partial charge in [0.05, 0.1) is 10.6 Å². The van der Waals surface area contributed by atoms with E-state index in [2.05, 4.69) is 10.3 Å². The molecule has 1 aromatic carbocycles. The van der Waals surface area contributed by atoms with Crippen molar-refractivity contribution in [2.24, 2.45) is 16.5 Å². The first-order valence-electron chi connectivity index (χ1n) is 4.50. The maximum Gasteiger partial charge on any atom is 0.318 e. The quantitative estimate of drug-likeness (QED) is 0.496. The summed E-state index contributed by atoms with van der Waals surface area (Å²) < 4.78 is 22.4. The molecule has 0 radical (unpaired) electrons. The number of primary amides is 1. The Bertz CT molecular complexity index is 548. The predicted octanol–water partition coefficient (Wildman–Crippen LogP) is -0.295. The zero-order chi connectivity index (χ0) is 13.1. The molecule has 0 atom stereocenters. The summed E-state index contributed by atoms with van der Waals surface area (Å²) in [6.45, 7) is 0. The van der Waals surface area contributed by atoms with E-state index in [1.807, 2.05) is 0 Å². The lowest BCUT2D eigenvalue weighted by atomic mass is 10.3. The molecule has 0 saturated carbocycles. The maximum atomic E-state index is 11.2. The van der Waals surface area contributed by atoms with Crippen LogP contribution in [0.15, 0.2) is 34.2 Å². The molecule has 0 heterocycles. The molecule has 0 spiro atoms. The summed E-state index contributed by atoms with van der Waals surface area (Å²) in [6, 6.07) is 4.90. The van der Waals surface area contributed by atoms with Crippen LogP contribution in [-0.2, 0) is 9.84 Å². The second-order valence-corrected chi connectivity index (χ2v) is 5.27. The van der Waals surface area contributed by atoms with Crippen LogP contribution >= 0.6 is 0 Å². The van der Waals surface area contributed by atoms with Gasteiger partial charge in [-0.3, -0.25) is 5.32 Å². The van der Waals surface area contributed by atoms with Crippen LogP contribution in [0.5, 0.6) is 0 Å². The van der Waals surface area contributed by atoms with E-state index in [-0.39, 0.29) is 10.9 Å². The van der Waals surface area contributed by atoms with Crippen molar-refractivity contribution < 1.29 is 13.2 Å². The highest BCUT2D eigenvalue weighted by Gasteiger charge is 2.05. The molecule has 1 aromatic rings. The first kappa shape index (κ1) is 13.0. The number of carbonyl (C=O) groups is 1. The largest absolute Gasteiger partial charge is 0.369 e. The van der Waals surface area contributed by atoms with Gasteiger partial charge in [-0.15, -0.1) is 0 Å². The van der Waals surface area contributed by atoms with E-state index >= 15 is 0 Å². The lowest BCUT2D eigenvalue weighted by Crippen LogP contribution is -2.39. The van der Waals surface area contributed by atoms with Gasteiger partial charge >= 0.3 is 6.03 Å². The number of amides is 2. The molecule has 0 aliphatic carbocycles. The SMILES string of the molecule is CS(=O)(=O)c1ccc(N=C(N)NC(N)=O)cc1. The van der Waals surface area contributed by atoms with Crippen LogP contribution in [0.1, 0.15) is 0 Å². The lowest BCUT2D eigenvalue weighted by Gasteiger charge is -2.01. The van der Waals surface area contributed by atoms with Gasteiger partial charge in [0.15, 0.2) is 9.84 Å². The van der Waals surface area contributed by atoms with Crippen LogP contribution < -0.4 is 16.8 Å². The molecule has 0 aliphatic rings. The normalized spacial score (nSPS) is 12.2. The zero-order valence-corrected chi connectivity index (χ0v) is 9.86. The third-order valence-electron chi connectivity index (χ3n) is 1.77. The van der Waals surface area contributed by atoms with Crippen molar-refractivity contribution in [3.63, 3.8) is 0 Å². The Kier molecular flexibility index (Phi) is 3.69. The molecule has 0 bridgehead atoms. The van der Waals surface area contributed by atoms with Gasteiger partial charge in [-0.05, 0) is 24.3 Å². The third kappa shape index (κ3) is 4.11. The Balaban J connectivity index is 2.93. The number of nitrogens with zero attached hydrogens (tertiary/aromatic N) is 1. The molecule has 8 heteroatoms. The summed E-state index contributed by atoms with van der Waals surface area (Å²) in [7, 11) is -3.24. The summed E-state index contributed by atoms with van der Waals surface area (Å²) in [5, 5.41) is 2.08. The smallest absolute Gasteiger partial charge is 0.318 e. The average molecular weight is 256 g/mol. The molecule has 0 saturated heterocycles. The van der Waals surface area contributed by atoms with Crippen molar-refractivity contribution in [3.05, 3.63) is 24.3 Å². The van der Waals surface area contributed by atoms with E-state index in [1.165, 1.54) is 24.3 Å². The van der Waals surface area contributed by atoms with E-state index in [0.29, 0.717) is 5.69 Å². The standard InChI is InChI=1S/C9H12N4O3S/c1-17(15,16)7-4-2-6(3-5-7)12-8(10)13-9(11)14/h2-5H,1H3,(H5,10,11,12,13,14). The Morgan fingerprint density at radius 1 is 1.24 bits per heavy atom. The molecular formula is C9H12N4O3S. The number of aliphatic imine (C=N–C) groups is 1. The minimum atomic E-state index is -3.24. The molecule has 92 valence electrons. The fourth-order valence-corrected chi connectivity index (χ4v) is 1.69. The summed E-state index contributed by atoms with van der Waals surface area (Å²) in [4.78, 5) is 14.4. The lowest BCUT2D eigenvalue weighted by molar-refractivity contribution is 0.253. The van der Waals surface area contributed by atoms with E-state index in [1.54, 1.807) is 0 Å². The number of hydrogen-bond acceptors (Lipinski definition) is 4. The number of guanidine groups is 1. The highest BCUT2D eigenvalue weighted by atomic mass is 32.2. The Labute approximate surface area is 98.4 Å². The van der Waals surface area contributed by atoms with Crippen molar-refractivity contribution in [2.75, 3.05) is 6.26 Å². The number of carbonyl (C=O) groups excluding carboxylic acids is 1. The van der Waals surface area contributed by atoms with Gasteiger partial charge in [0.25, 0.3) is 0 Å². The summed E-state index contributed by atoms with van der Waals surface area (Å²) in [5.74, 6) is -0.162. The minimum absolute atomic E-state index is 0.162. The first-order valence-corrected chi connectivity index (χ1v) is 6.39. The van der Waals surface area contributed by atoms with Gasteiger partial charge in [0.1, 0.15) is 0 Å². The fourth-order valence-electron chi connectivity index (χ4n) is 1.06. The average Bonchev–Trinajstić information content (AvgIpc) is 2.15. The van der Waals surface area contributed by atoms with Crippen molar-refractivity contribution in [3.8, 4) is 0 Å². The van der Waals surface area contributed by atoms with Crippen molar-refractivity contribution in [1.82, 2.24) is 5.32 Å². The number of urea groups is 1. The molecule has 2 amide bonds. The number of sulfone groups is 1. The highest BCUT2D eigenvalue weighted by molar-refractivity contribution is 7.90. The van der Waals surface area contributed by atoms with E-state index in [9.17, 15) is 13.2 Å². The Hall–Kier alpha value is -2.09. The number of hydrogen-bond donors (Lipinski definition) is 3. The predicted molar refractivity (Wildman–Crippen MR) is 63.6 cm³/mol. The maximum absolute atomic E-state index is 11.2. The molecule has 0 aromatic heterocycles. The van der Waals surface area contributed by atoms with Crippen molar-refractivity contribution in [1.29, 1.82) is 0 Å². The van der Waals surface area contributed by atoms with Gasteiger partial charge in [-0.1, -0.05) is 0 Å². The summed E-state index contributed by atoms with van der Waals surface area (Å²) >= 11 is 0. The van der Waals surface area contributed by atoms with Gasteiger partial charge in [-0.25, -0.2) is 18.2 Å². The van der Waals surface area contributed by atoms with Gasteiger partial charge in [-0.2, -0.15) is 0 Å². The monoisotopic (exact) mass is 256 g/mol. The highest BCUT2D eigenvalue weighted by Crippen LogP contribution is 2.15. The van der Waals surface area contributed by atoms with E-state index < -0.39 is 15.9 Å². The van der Waals surface area contributed by atoms with Crippen LogP contribution in [0, 0.1) is 0 Å². The van der Waals surface area contributed by atoms with Crippen LogP contribution in [0.4, 0.5) is 10.5 Å². The molecule has 17 heavy (non-hydrogen) atoms. The molecular weight excluding hydrogens is 244 g/mol. The zero-order valence-electron chi connectivity index (χ0n) is 9.04. The third-order valence-corrected chi connectivity index (χ3v) is 2.89. The van der Waals surface area contributed by atoms with E-state index in [4.69, 9.17) is 11.5 Å². The number of nitrogens with one attached hydrogen (secondary N) is 1. The summed E-state index contributed by atoms with van der Waals surface area (Å²) in [6.07, 6.45) is 1.11. The van der Waals surface area contributed by atoms with Crippen molar-refractivity contribution >= 4 is 27.5 Å². The van der Waals surface area contributed by atoms with Crippen LogP contribution in [0.2, 0.25) is 0 Å². The molecule has 5 N–H and O–H groups in total. The second-order valence-electron chi connectivity index (χ2n) is 3.25. The number of rotatable bonds is 2. The number of nitrogens with two attached hydrogens (primary N) is 2. The molecule has 0 unspecified atom stereocenters. The van der Waals surface area contributed by atoms with Gasteiger partial charge < -0.3 is 11.5 Å². The van der Waals surface area contributed by atoms with Crippen molar-refractivity contribution in [2.45, 2.75) is 4.90 Å². The van der Waals surface area contributed by atoms with Gasteiger partial charge in [0.2, 0.25) is 5.96 Å². The molecule has 7 nitrogen and oxygen atoms in total. The fraction of sp³-hybridized carbons (Fsp3) is 0.111. The van der Waals surface area contributed by atoms with Crippen LogP contribution in [-0.4, -0.2) is 26.7 Å². The van der Waals surface area contributed by atoms with Crippen LogP contribution in [0.3, 0.4) is 0 Å². The topological polar surface area (TPSA) is 128 Å². The Morgan fingerprint density at radius 3 is 2.18 bits per heavy atom. The molecule has 1 rings (SSSR count). The first-order chi connectivity index (χ1) is 7.79. The molecule has 0 aliphatic heterocycles. The van der Waals surface area contributed by atoms with Gasteiger partial charge in [0, 0.05) is 6.26 Å². The minimum Gasteiger partial charge on any atom is -0.369 e. The summed E-state index contributed by atoms with van der Waals surface area (Å²) in [5.41, 5.74) is 10.6.